The summed E-state index contributed by atoms with van der Waals surface area (Å²) in [5.41, 5.74) is 3.28. The topological polar surface area (TPSA) is 86.8 Å². The zero-order valence-corrected chi connectivity index (χ0v) is 20.4. The van der Waals surface area contributed by atoms with Gasteiger partial charge in [0.25, 0.3) is 0 Å². The number of anilines is 1. The van der Waals surface area contributed by atoms with Crippen LogP contribution in [-0.4, -0.2) is 50.0 Å². The van der Waals surface area contributed by atoms with Crippen molar-refractivity contribution >= 4 is 27.5 Å². The molecule has 0 spiro atoms. The first-order valence-electron chi connectivity index (χ1n) is 10.6. The first-order chi connectivity index (χ1) is 14.9. The molecule has 8 heteroatoms. The molecule has 0 radical (unpaired) electrons. The van der Waals surface area contributed by atoms with Gasteiger partial charge >= 0.3 is 0 Å². The molecule has 32 heavy (non-hydrogen) atoms. The number of carbonyl (C=O) groups is 2. The summed E-state index contributed by atoms with van der Waals surface area (Å²) in [4.78, 5) is 27.5. The van der Waals surface area contributed by atoms with Crippen LogP contribution in [0.3, 0.4) is 0 Å². The Labute approximate surface area is 191 Å². The molecule has 0 bridgehead atoms. The minimum atomic E-state index is -3.72. The lowest BCUT2D eigenvalue weighted by Crippen LogP contribution is -2.52. The van der Waals surface area contributed by atoms with E-state index < -0.39 is 28.5 Å². The van der Waals surface area contributed by atoms with Crippen molar-refractivity contribution in [1.29, 1.82) is 0 Å². The van der Waals surface area contributed by atoms with Crippen molar-refractivity contribution in [2.45, 2.75) is 53.2 Å². The van der Waals surface area contributed by atoms with Crippen molar-refractivity contribution in [3.05, 3.63) is 65.2 Å². The number of benzene rings is 2. The van der Waals surface area contributed by atoms with Crippen molar-refractivity contribution in [3.8, 4) is 0 Å². The standard InChI is InChI=1S/C24H33N3O4S/c1-17(2)25-24(29)20(5)26(15-21-9-7-8-19(4)14-21)23(28)16-27(32(6,30)31)22-12-10-18(3)11-13-22/h7-14,17,20H,15-16H2,1-6H3,(H,25,29). The summed E-state index contributed by atoms with van der Waals surface area (Å²) < 4.78 is 26.1. The normalized spacial score (nSPS) is 12.3. The summed E-state index contributed by atoms with van der Waals surface area (Å²) in [6, 6.07) is 13.7. The molecule has 0 aliphatic rings. The Bertz CT molecular complexity index is 1050. The van der Waals surface area contributed by atoms with Gasteiger partial charge in [-0.05, 0) is 52.3 Å². The molecule has 1 N–H and O–H groups in total. The fourth-order valence-electron chi connectivity index (χ4n) is 3.32. The molecule has 0 aliphatic heterocycles. The summed E-state index contributed by atoms with van der Waals surface area (Å²) in [6.07, 6.45) is 1.07. The first kappa shape index (κ1) is 25.4. The monoisotopic (exact) mass is 459 g/mol. The predicted molar refractivity (Wildman–Crippen MR) is 128 cm³/mol. The highest BCUT2D eigenvalue weighted by Gasteiger charge is 2.30. The second-order valence-electron chi connectivity index (χ2n) is 8.46. The van der Waals surface area contributed by atoms with E-state index in [9.17, 15) is 18.0 Å². The maximum absolute atomic E-state index is 13.4. The van der Waals surface area contributed by atoms with Crippen LogP contribution in [0.1, 0.15) is 37.5 Å². The number of rotatable bonds is 9. The van der Waals surface area contributed by atoms with E-state index in [1.807, 2.05) is 52.0 Å². The predicted octanol–water partition coefficient (Wildman–Crippen LogP) is 3.01. The van der Waals surface area contributed by atoms with Crippen molar-refractivity contribution in [2.24, 2.45) is 0 Å². The minimum Gasteiger partial charge on any atom is -0.352 e. The lowest BCUT2D eigenvalue weighted by Gasteiger charge is -2.32. The number of hydrogen-bond acceptors (Lipinski definition) is 4. The van der Waals surface area contributed by atoms with Crippen molar-refractivity contribution in [1.82, 2.24) is 10.2 Å². The summed E-state index contributed by atoms with van der Waals surface area (Å²) in [7, 11) is -3.72. The maximum atomic E-state index is 13.4. The van der Waals surface area contributed by atoms with E-state index in [4.69, 9.17) is 0 Å². The van der Waals surface area contributed by atoms with Gasteiger partial charge in [0, 0.05) is 12.6 Å². The molecule has 0 aromatic heterocycles. The molecule has 2 rings (SSSR count). The van der Waals surface area contributed by atoms with E-state index in [1.165, 1.54) is 4.90 Å². The third-order valence-corrected chi connectivity index (χ3v) is 6.18. The van der Waals surface area contributed by atoms with Crippen LogP contribution in [-0.2, 0) is 26.2 Å². The molecule has 2 aromatic rings. The molecule has 174 valence electrons. The maximum Gasteiger partial charge on any atom is 0.244 e. The summed E-state index contributed by atoms with van der Waals surface area (Å²) in [5, 5.41) is 2.83. The average Bonchev–Trinajstić information content (AvgIpc) is 2.69. The SMILES string of the molecule is Cc1ccc(N(CC(=O)N(Cc2cccc(C)c2)C(C)C(=O)NC(C)C)S(C)(=O)=O)cc1. The van der Waals surface area contributed by atoms with Gasteiger partial charge in [0.15, 0.2) is 0 Å². The van der Waals surface area contributed by atoms with Crippen LogP contribution < -0.4 is 9.62 Å². The lowest BCUT2D eigenvalue weighted by atomic mass is 10.1. The second kappa shape index (κ2) is 10.6. The number of sulfonamides is 1. The number of amides is 2. The number of nitrogens with one attached hydrogen (secondary N) is 1. The highest BCUT2D eigenvalue weighted by atomic mass is 32.2. The number of nitrogens with zero attached hydrogens (tertiary/aromatic N) is 2. The fourth-order valence-corrected chi connectivity index (χ4v) is 4.17. The Morgan fingerprint density at radius 1 is 0.969 bits per heavy atom. The highest BCUT2D eigenvalue weighted by Crippen LogP contribution is 2.20. The van der Waals surface area contributed by atoms with Crippen molar-refractivity contribution in [2.75, 3.05) is 17.1 Å². The van der Waals surface area contributed by atoms with Gasteiger partial charge in [-0.2, -0.15) is 0 Å². The molecule has 1 unspecified atom stereocenters. The molecule has 0 heterocycles. The largest absolute Gasteiger partial charge is 0.352 e. The average molecular weight is 460 g/mol. The number of aryl methyl sites for hydroxylation is 2. The third-order valence-electron chi connectivity index (χ3n) is 5.03. The van der Waals surface area contributed by atoms with Crippen LogP contribution in [0.15, 0.2) is 48.5 Å². The lowest BCUT2D eigenvalue weighted by molar-refractivity contribution is -0.139. The fraction of sp³-hybridized carbons (Fsp3) is 0.417. The Morgan fingerprint density at radius 2 is 1.59 bits per heavy atom. The van der Waals surface area contributed by atoms with Gasteiger partial charge < -0.3 is 10.2 Å². The Morgan fingerprint density at radius 3 is 2.12 bits per heavy atom. The Kier molecular flexibility index (Phi) is 8.44. The zero-order chi connectivity index (χ0) is 24.1. The van der Waals surface area contributed by atoms with Gasteiger partial charge in [-0.25, -0.2) is 8.42 Å². The molecule has 2 aromatic carbocycles. The highest BCUT2D eigenvalue weighted by molar-refractivity contribution is 7.92. The zero-order valence-electron chi connectivity index (χ0n) is 19.6. The van der Waals surface area contributed by atoms with E-state index in [0.717, 1.165) is 27.3 Å². The van der Waals surface area contributed by atoms with E-state index in [-0.39, 0.29) is 18.5 Å². The molecular weight excluding hydrogens is 426 g/mol. The van der Waals surface area contributed by atoms with E-state index in [1.54, 1.807) is 31.2 Å². The van der Waals surface area contributed by atoms with Gasteiger partial charge in [0.2, 0.25) is 21.8 Å². The van der Waals surface area contributed by atoms with Crippen LogP contribution in [0.2, 0.25) is 0 Å². The van der Waals surface area contributed by atoms with Crippen LogP contribution in [0.4, 0.5) is 5.69 Å². The molecule has 7 nitrogen and oxygen atoms in total. The van der Waals surface area contributed by atoms with Crippen LogP contribution >= 0.6 is 0 Å². The molecule has 0 saturated heterocycles. The quantitative estimate of drug-likeness (QED) is 0.625. The van der Waals surface area contributed by atoms with Crippen molar-refractivity contribution in [3.63, 3.8) is 0 Å². The van der Waals surface area contributed by atoms with Gasteiger partial charge in [-0.1, -0.05) is 47.5 Å². The molecular formula is C24H33N3O4S. The van der Waals surface area contributed by atoms with Gasteiger partial charge in [-0.3, -0.25) is 13.9 Å². The molecule has 0 aliphatic carbocycles. The minimum absolute atomic E-state index is 0.0825. The van der Waals surface area contributed by atoms with Crippen LogP contribution in [0.5, 0.6) is 0 Å². The Balaban J connectivity index is 2.38. The van der Waals surface area contributed by atoms with Gasteiger partial charge in [-0.15, -0.1) is 0 Å². The summed E-state index contributed by atoms with van der Waals surface area (Å²) in [5.74, 6) is -0.744. The van der Waals surface area contributed by atoms with Gasteiger partial charge in [0.1, 0.15) is 12.6 Å². The summed E-state index contributed by atoms with van der Waals surface area (Å²) >= 11 is 0. The summed E-state index contributed by atoms with van der Waals surface area (Å²) in [6.45, 7) is 9.00. The van der Waals surface area contributed by atoms with Crippen LogP contribution in [0.25, 0.3) is 0 Å². The second-order valence-corrected chi connectivity index (χ2v) is 10.4. The molecule has 0 saturated carbocycles. The molecule has 1 atom stereocenters. The molecule has 0 fully saturated rings. The third kappa shape index (κ3) is 7.09. The van der Waals surface area contributed by atoms with E-state index in [0.29, 0.717) is 5.69 Å². The first-order valence-corrected chi connectivity index (χ1v) is 12.4. The van der Waals surface area contributed by atoms with Crippen LogP contribution in [0, 0.1) is 13.8 Å². The van der Waals surface area contributed by atoms with E-state index in [2.05, 4.69) is 5.32 Å². The van der Waals surface area contributed by atoms with E-state index >= 15 is 0 Å². The molecule has 2 amide bonds. The Hall–Kier alpha value is -2.87. The van der Waals surface area contributed by atoms with Crippen molar-refractivity contribution < 1.29 is 18.0 Å². The number of hydrogen-bond donors (Lipinski definition) is 1. The van der Waals surface area contributed by atoms with Gasteiger partial charge in [0.05, 0.1) is 11.9 Å². The smallest absolute Gasteiger partial charge is 0.244 e. The number of carbonyl (C=O) groups excluding carboxylic acids is 2.